The molecule has 0 saturated heterocycles. The summed E-state index contributed by atoms with van der Waals surface area (Å²) in [4.78, 5) is 6.42. The molecule has 1 unspecified atom stereocenters. The van der Waals surface area contributed by atoms with Crippen molar-refractivity contribution in [2.75, 3.05) is 19.0 Å². The Hall–Kier alpha value is -1.88. The predicted octanol–water partition coefficient (Wildman–Crippen LogP) is 2.24. The lowest BCUT2D eigenvalue weighted by Gasteiger charge is -2.16. The zero-order chi connectivity index (χ0) is 15.4. The maximum atomic E-state index is 6.32. The van der Waals surface area contributed by atoms with E-state index in [1.165, 1.54) is 5.69 Å². The average Bonchev–Trinajstić information content (AvgIpc) is 2.85. The molecule has 0 aliphatic rings. The molecule has 5 nitrogen and oxygen atoms in total. The molecule has 1 aromatic heterocycles. The number of aromatic nitrogens is 3. The van der Waals surface area contributed by atoms with Crippen molar-refractivity contribution in [1.29, 1.82) is 0 Å². The van der Waals surface area contributed by atoms with Gasteiger partial charge in [0.05, 0.1) is 0 Å². The summed E-state index contributed by atoms with van der Waals surface area (Å²) in [7, 11) is 4.06. The Labute approximate surface area is 126 Å². The molecule has 2 rings (SSSR count). The van der Waals surface area contributed by atoms with Gasteiger partial charge in [-0.2, -0.15) is 5.10 Å². The maximum absolute atomic E-state index is 6.32. The van der Waals surface area contributed by atoms with Crippen LogP contribution in [0.1, 0.15) is 31.3 Å². The Morgan fingerprint density at radius 3 is 2.43 bits per heavy atom. The highest BCUT2D eigenvalue weighted by atomic mass is 15.3. The van der Waals surface area contributed by atoms with Crippen molar-refractivity contribution in [3.63, 3.8) is 0 Å². The van der Waals surface area contributed by atoms with Crippen LogP contribution in [0.25, 0.3) is 0 Å². The van der Waals surface area contributed by atoms with Gasteiger partial charge >= 0.3 is 0 Å². The van der Waals surface area contributed by atoms with E-state index in [1.807, 2.05) is 18.8 Å². The molecule has 0 amide bonds. The second-order valence-corrected chi connectivity index (χ2v) is 6.05. The quantitative estimate of drug-likeness (QED) is 0.885. The largest absolute Gasteiger partial charge is 0.378 e. The summed E-state index contributed by atoms with van der Waals surface area (Å²) in [5, 5.41) is 4.28. The second-order valence-electron chi connectivity index (χ2n) is 6.05. The summed E-state index contributed by atoms with van der Waals surface area (Å²) in [5.74, 6) is 1.49. The van der Waals surface area contributed by atoms with Crippen LogP contribution < -0.4 is 10.6 Å². The molecule has 2 aromatic rings. The summed E-state index contributed by atoms with van der Waals surface area (Å²) < 4.78 is 1.96. The first-order valence-corrected chi connectivity index (χ1v) is 7.37. The van der Waals surface area contributed by atoms with Gasteiger partial charge in [-0.25, -0.2) is 9.67 Å². The third-order valence-electron chi connectivity index (χ3n) is 3.47. The molecule has 0 bridgehead atoms. The Morgan fingerprint density at radius 2 is 1.86 bits per heavy atom. The smallest absolute Gasteiger partial charge is 0.138 e. The van der Waals surface area contributed by atoms with E-state index in [9.17, 15) is 0 Å². The lowest BCUT2D eigenvalue weighted by atomic mass is 10.0. The van der Waals surface area contributed by atoms with E-state index in [0.717, 1.165) is 17.9 Å². The zero-order valence-electron chi connectivity index (χ0n) is 13.3. The molecule has 1 heterocycles. The van der Waals surface area contributed by atoms with Crippen LogP contribution in [-0.2, 0) is 13.0 Å². The number of anilines is 1. The zero-order valence-corrected chi connectivity index (χ0v) is 13.3. The first-order valence-electron chi connectivity index (χ1n) is 7.37. The summed E-state index contributed by atoms with van der Waals surface area (Å²) in [6, 6.07) is 8.30. The molecule has 0 radical (unpaired) electrons. The molecule has 1 atom stereocenters. The minimum absolute atomic E-state index is 0.0590. The van der Waals surface area contributed by atoms with Crippen molar-refractivity contribution >= 4 is 5.69 Å². The average molecular weight is 287 g/mol. The van der Waals surface area contributed by atoms with E-state index in [0.29, 0.717) is 12.3 Å². The Kier molecular flexibility index (Phi) is 4.96. The molecule has 2 N–H and O–H groups in total. The number of rotatable bonds is 6. The fourth-order valence-electron chi connectivity index (χ4n) is 2.28. The number of hydrogen-bond acceptors (Lipinski definition) is 4. The first-order chi connectivity index (χ1) is 9.97. The van der Waals surface area contributed by atoms with Gasteiger partial charge in [-0.3, -0.25) is 0 Å². The molecule has 0 aliphatic carbocycles. The van der Waals surface area contributed by atoms with Crippen LogP contribution >= 0.6 is 0 Å². The molecule has 0 fully saturated rings. The molecule has 5 heteroatoms. The molecule has 0 aliphatic heterocycles. The van der Waals surface area contributed by atoms with Gasteiger partial charge < -0.3 is 10.6 Å². The summed E-state index contributed by atoms with van der Waals surface area (Å²) in [5.41, 5.74) is 8.62. The standard InChI is InChI=1S/C16H25N5/c1-12(2)10-21-16(18-11-19-21)9-15(17)13-5-7-14(8-6-13)20(3)4/h5-8,11-12,15H,9-10,17H2,1-4H3. The second kappa shape index (κ2) is 6.72. The van der Waals surface area contributed by atoms with E-state index < -0.39 is 0 Å². The van der Waals surface area contributed by atoms with Crippen LogP contribution in [0.5, 0.6) is 0 Å². The van der Waals surface area contributed by atoms with Crippen molar-refractivity contribution in [3.8, 4) is 0 Å². The monoisotopic (exact) mass is 287 g/mol. The van der Waals surface area contributed by atoms with Gasteiger partial charge in [-0.05, 0) is 23.6 Å². The highest BCUT2D eigenvalue weighted by Gasteiger charge is 2.13. The SMILES string of the molecule is CC(C)Cn1ncnc1CC(N)c1ccc(N(C)C)cc1. The van der Waals surface area contributed by atoms with Crippen molar-refractivity contribution in [2.45, 2.75) is 32.9 Å². The van der Waals surface area contributed by atoms with Crippen molar-refractivity contribution in [3.05, 3.63) is 42.0 Å². The maximum Gasteiger partial charge on any atom is 0.138 e. The van der Waals surface area contributed by atoms with Gasteiger partial charge in [-0.1, -0.05) is 26.0 Å². The molecular formula is C16H25N5. The number of nitrogens with zero attached hydrogens (tertiary/aromatic N) is 4. The minimum atomic E-state index is -0.0590. The highest BCUT2D eigenvalue weighted by Crippen LogP contribution is 2.19. The van der Waals surface area contributed by atoms with Gasteiger partial charge in [-0.15, -0.1) is 0 Å². The fourth-order valence-corrected chi connectivity index (χ4v) is 2.28. The van der Waals surface area contributed by atoms with Crippen LogP contribution in [0.2, 0.25) is 0 Å². The normalized spacial score (nSPS) is 12.7. The Bertz CT molecular complexity index is 556. The fraction of sp³-hybridized carbons (Fsp3) is 0.500. The highest BCUT2D eigenvalue weighted by molar-refractivity contribution is 5.46. The molecular weight excluding hydrogens is 262 g/mol. The van der Waals surface area contributed by atoms with E-state index in [4.69, 9.17) is 5.73 Å². The summed E-state index contributed by atoms with van der Waals surface area (Å²) in [6.07, 6.45) is 2.31. The Morgan fingerprint density at radius 1 is 1.19 bits per heavy atom. The van der Waals surface area contributed by atoms with Crippen LogP contribution in [0, 0.1) is 5.92 Å². The molecule has 114 valence electrons. The minimum Gasteiger partial charge on any atom is -0.378 e. The molecule has 21 heavy (non-hydrogen) atoms. The summed E-state index contributed by atoms with van der Waals surface area (Å²) in [6.45, 7) is 5.22. The van der Waals surface area contributed by atoms with Gasteiger partial charge in [0.25, 0.3) is 0 Å². The van der Waals surface area contributed by atoms with E-state index in [-0.39, 0.29) is 6.04 Å². The molecule has 1 aromatic carbocycles. The topological polar surface area (TPSA) is 60.0 Å². The van der Waals surface area contributed by atoms with Gasteiger partial charge in [0.1, 0.15) is 12.2 Å². The van der Waals surface area contributed by atoms with Crippen LogP contribution in [0.3, 0.4) is 0 Å². The third kappa shape index (κ3) is 4.04. The van der Waals surface area contributed by atoms with E-state index >= 15 is 0 Å². The van der Waals surface area contributed by atoms with Crippen LogP contribution in [0.4, 0.5) is 5.69 Å². The van der Waals surface area contributed by atoms with Crippen molar-refractivity contribution < 1.29 is 0 Å². The Balaban J connectivity index is 2.07. The van der Waals surface area contributed by atoms with Gasteiger partial charge in [0.2, 0.25) is 0 Å². The molecule has 0 saturated carbocycles. The first kappa shape index (κ1) is 15.5. The number of nitrogens with two attached hydrogens (primary N) is 1. The lowest BCUT2D eigenvalue weighted by molar-refractivity contribution is 0.459. The van der Waals surface area contributed by atoms with Crippen molar-refractivity contribution in [2.24, 2.45) is 11.7 Å². The van der Waals surface area contributed by atoms with Crippen LogP contribution in [0.15, 0.2) is 30.6 Å². The van der Waals surface area contributed by atoms with Gasteiger partial charge in [0.15, 0.2) is 0 Å². The number of benzene rings is 1. The molecule has 0 spiro atoms. The lowest BCUT2D eigenvalue weighted by Crippen LogP contribution is -2.18. The van der Waals surface area contributed by atoms with E-state index in [1.54, 1.807) is 6.33 Å². The number of hydrogen-bond donors (Lipinski definition) is 1. The van der Waals surface area contributed by atoms with Crippen molar-refractivity contribution in [1.82, 2.24) is 14.8 Å². The van der Waals surface area contributed by atoms with E-state index in [2.05, 4.69) is 53.1 Å². The summed E-state index contributed by atoms with van der Waals surface area (Å²) >= 11 is 0. The third-order valence-corrected chi connectivity index (χ3v) is 3.47. The van der Waals surface area contributed by atoms with Gasteiger partial charge in [0, 0.05) is 38.8 Å². The predicted molar refractivity (Wildman–Crippen MR) is 86.3 cm³/mol. The van der Waals surface area contributed by atoms with Crippen LogP contribution in [-0.4, -0.2) is 28.9 Å².